The fourth-order valence-corrected chi connectivity index (χ4v) is 3.42. The number of likely N-dealkylation sites (N-methyl/N-ethyl adjacent to an activating group) is 1. The maximum absolute atomic E-state index is 5.10. The van der Waals surface area contributed by atoms with Crippen molar-refractivity contribution in [2.24, 2.45) is 11.8 Å². The summed E-state index contributed by atoms with van der Waals surface area (Å²) in [5, 5.41) is 3.49. The van der Waals surface area contributed by atoms with Crippen molar-refractivity contribution in [3.05, 3.63) is 23.9 Å². The normalized spacial score (nSPS) is 24.1. The molecule has 22 heavy (non-hydrogen) atoms. The summed E-state index contributed by atoms with van der Waals surface area (Å²) in [6.45, 7) is 7.48. The number of hydrogen-bond donors (Lipinski definition) is 1. The Balaban J connectivity index is 0.00000176. The third-order valence-corrected chi connectivity index (χ3v) is 4.70. The number of hydrogen-bond acceptors (Lipinski definition) is 5. The zero-order chi connectivity index (χ0) is 14.7. The second kappa shape index (κ2) is 8.11. The Bertz CT molecular complexity index is 444. The van der Waals surface area contributed by atoms with Gasteiger partial charge in [0, 0.05) is 46.5 Å². The van der Waals surface area contributed by atoms with Gasteiger partial charge in [0.15, 0.2) is 0 Å². The van der Waals surface area contributed by atoms with E-state index in [4.69, 9.17) is 4.74 Å². The quantitative estimate of drug-likeness (QED) is 0.851. The van der Waals surface area contributed by atoms with Crippen molar-refractivity contribution in [1.82, 2.24) is 15.2 Å². The van der Waals surface area contributed by atoms with Crippen molar-refractivity contribution in [2.75, 3.05) is 58.4 Å². The lowest BCUT2D eigenvalue weighted by Gasteiger charge is -2.19. The molecule has 0 radical (unpaired) electrons. The van der Waals surface area contributed by atoms with Crippen molar-refractivity contribution in [1.29, 1.82) is 0 Å². The highest BCUT2D eigenvalue weighted by Crippen LogP contribution is 2.27. The molecule has 0 bridgehead atoms. The smallest absolute Gasteiger partial charge is 0.128 e. The number of aromatic nitrogens is 1. The predicted molar refractivity (Wildman–Crippen MR) is 91.8 cm³/mol. The molecule has 3 heterocycles. The van der Waals surface area contributed by atoms with Gasteiger partial charge in [-0.15, -0.1) is 12.4 Å². The first kappa shape index (κ1) is 17.5. The number of likely N-dealkylation sites (tertiary alicyclic amines) is 1. The number of methoxy groups -OCH3 is 1. The van der Waals surface area contributed by atoms with Crippen LogP contribution in [0, 0.1) is 11.8 Å². The standard InChI is InChI=1S/C16H26N4O.ClH/c1-19(5-6-21-2)16-4-3-13(7-18-16)10-20-11-14-8-17-9-15(14)12-20;/h3-4,7,14-15,17H,5-6,8-12H2,1-2H3;1H/t14-,15+;. The summed E-state index contributed by atoms with van der Waals surface area (Å²) in [5.74, 6) is 2.73. The maximum Gasteiger partial charge on any atom is 0.128 e. The lowest BCUT2D eigenvalue weighted by atomic mass is 10.0. The molecule has 0 spiro atoms. The molecule has 1 aromatic heterocycles. The summed E-state index contributed by atoms with van der Waals surface area (Å²) in [6.07, 6.45) is 2.02. The first-order chi connectivity index (χ1) is 10.3. The van der Waals surface area contributed by atoms with Gasteiger partial charge in [-0.2, -0.15) is 0 Å². The number of ether oxygens (including phenoxy) is 1. The van der Waals surface area contributed by atoms with Crippen LogP contribution in [-0.4, -0.2) is 63.4 Å². The van der Waals surface area contributed by atoms with Crippen molar-refractivity contribution >= 4 is 18.2 Å². The lowest BCUT2D eigenvalue weighted by molar-refractivity contribution is 0.206. The molecule has 2 aliphatic heterocycles. The predicted octanol–water partition coefficient (Wildman–Crippen LogP) is 1.24. The third kappa shape index (κ3) is 4.10. The molecule has 0 amide bonds. The van der Waals surface area contributed by atoms with Crippen molar-refractivity contribution in [3.63, 3.8) is 0 Å². The monoisotopic (exact) mass is 326 g/mol. The third-order valence-electron chi connectivity index (χ3n) is 4.70. The van der Waals surface area contributed by atoms with E-state index in [0.29, 0.717) is 0 Å². The minimum absolute atomic E-state index is 0. The molecule has 2 aliphatic rings. The Morgan fingerprint density at radius 1 is 1.32 bits per heavy atom. The summed E-state index contributed by atoms with van der Waals surface area (Å²) < 4.78 is 5.10. The summed E-state index contributed by atoms with van der Waals surface area (Å²) >= 11 is 0. The zero-order valence-electron chi connectivity index (χ0n) is 13.5. The molecule has 1 aromatic rings. The molecular formula is C16H27ClN4O. The molecule has 0 aromatic carbocycles. The molecule has 1 N–H and O–H groups in total. The van der Waals surface area contributed by atoms with Crippen molar-refractivity contribution in [2.45, 2.75) is 6.54 Å². The molecule has 3 rings (SSSR count). The molecule has 2 fully saturated rings. The first-order valence-corrected chi connectivity index (χ1v) is 7.84. The fourth-order valence-electron chi connectivity index (χ4n) is 3.42. The molecule has 5 nitrogen and oxygen atoms in total. The van der Waals surface area contributed by atoms with E-state index >= 15 is 0 Å². The van der Waals surface area contributed by atoms with E-state index in [1.54, 1.807) is 7.11 Å². The minimum atomic E-state index is 0. The molecule has 6 heteroatoms. The Kier molecular flexibility index (Phi) is 6.44. The number of nitrogens with zero attached hydrogens (tertiary/aromatic N) is 3. The highest BCUT2D eigenvalue weighted by molar-refractivity contribution is 5.85. The molecule has 124 valence electrons. The van der Waals surface area contributed by atoms with Crippen LogP contribution in [0.4, 0.5) is 5.82 Å². The molecular weight excluding hydrogens is 300 g/mol. The number of pyridine rings is 1. The highest BCUT2D eigenvalue weighted by atomic mass is 35.5. The van der Waals surface area contributed by atoms with Gasteiger partial charge in [0.2, 0.25) is 0 Å². The average Bonchev–Trinajstić information content (AvgIpc) is 3.06. The van der Waals surface area contributed by atoms with Crippen LogP contribution in [0.1, 0.15) is 5.56 Å². The lowest BCUT2D eigenvalue weighted by Crippen LogP contribution is -2.26. The van der Waals surface area contributed by atoms with Gasteiger partial charge in [-0.3, -0.25) is 4.90 Å². The van der Waals surface area contributed by atoms with Crippen molar-refractivity contribution < 1.29 is 4.74 Å². The van der Waals surface area contributed by atoms with E-state index in [-0.39, 0.29) is 12.4 Å². The van der Waals surface area contributed by atoms with Crippen molar-refractivity contribution in [3.8, 4) is 0 Å². The Labute approximate surface area is 139 Å². The van der Waals surface area contributed by atoms with Gasteiger partial charge in [-0.05, 0) is 36.6 Å². The van der Waals surface area contributed by atoms with E-state index in [1.807, 2.05) is 6.20 Å². The number of fused-ring (bicyclic) bond motifs is 1. The van der Waals surface area contributed by atoms with Crippen LogP contribution in [0.15, 0.2) is 18.3 Å². The van der Waals surface area contributed by atoms with Crippen LogP contribution in [0.5, 0.6) is 0 Å². The second-order valence-corrected chi connectivity index (χ2v) is 6.31. The Morgan fingerprint density at radius 2 is 2.05 bits per heavy atom. The summed E-state index contributed by atoms with van der Waals surface area (Å²) in [7, 11) is 3.78. The number of halogens is 1. The summed E-state index contributed by atoms with van der Waals surface area (Å²) in [5.41, 5.74) is 1.31. The van der Waals surface area contributed by atoms with Crippen LogP contribution < -0.4 is 10.2 Å². The first-order valence-electron chi connectivity index (χ1n) is 7.84. The maximum atomic E-state index is 5.10. The number of anilines is 1. The van der Waals surface area contributed by atoms with Crippen LogP contribution in [0.3, 0.4) is 0 Å². The highest BCUT2D eigenvalue weighted by Gasteiger charge is 2.35. The molecule has 0 unspecified atom stereocenters. The van der Waals surface area contributed by atoms with Crippen LogP contribution in [0.25, 0.3) is 0 Å². The number of nitrogens with one attached hydrogen (secondary N) is 1. The average molecular weight is 327 g/mol. The van der Waals surface area contributed by atoms with E-state index in [9.17, 15) is 0 Å². The van der Waals surface area contributed by atoms with Crippen LogP contribution >= 0.6 is 12.4 Å². The van der Waals surface area contributed by atoms with Gasteiger partial charge >= 0.3 is 0 Å². The van der Waals surface area contributed by atoms with Gasteiger partial charge in [0.25, 0.3) is 0 Å². The topological polar surface area (TPSA) is 40.6 Å². The van der Waals surface area contributed by atoms with E-state index in [0.717, 1.165) is 37.4 Å². The Hall–Kier alpha value is -0.880. The fraction of sp³-hybridized carbons (Fsp3) is 0.688. The van der Waals surface area contributed by atoms with Gasteiger partial charge in [0.1, 0.15) is 5.82 Å². The summed E-state index contributed by atoms with van der Waals surface area (Å²) in [6, 6.07) is 4.32. The van der Waals surface area contributed by atoms with Crippen LogP contribution in [-0.2, 0) is 11.3 Å². The van der Waals surface area contributed by atoms with Gasteiger partial charge in [-0.1, -0.05) is 6.07 Å². The molecule has 0 aliphatic carbocycles. The van der Waals surface area contributed by atoms with Crippen LogP contribution in [0.2, 0.25) is 0 Å². The van der Waals surface area contributed by atoms with Gasteiger partial charge in [-0.25, -0.2) is 4.98 Å². The second-order valence-electron chi connectivity index (χ2n) is 6.31. The van der Waals surface area contributed by atoms with E-state index in [1.165, 1.54) is 31.7 Å². The molecule has 2 atom stereocenters. The minimum Gasteiger partial charge on any atom is -0.383 e. The zero-order valence-corrected chi connectivity index (χ0v) is 14.3. The van der Waals surface area contributed by atoms with Gasteiger partial charge < -0.3 is 15.0 Å². The van der Waals surface area contributed by atoms with E-state index < -0.39 is 0 Å². The van der Waals surface area contributed by atoms with Gasteiger partial charge in [0.05, 0.1) is 6.61 Å². The largest absolute Gasteiger partial charge is 0.383 e. The SMILES string of the molecule is COCCN(C)c1ccc(CN2C[C@H]3CNC[C@H]3C2)cn1.Cl. The molecule has 0 saturated carbocycles. The summed E-state index contributed by atoms with van der Waals surface area (Å²) in [4.78, 5) is 9.27. The Morgan fingerprint density at radius 3 is 2.64 bits per heavy atom. The van der Waals surface area contributed by atoms with E-state index in [2.05, 4.69) is 39.3 Å². The number of rotatable bonds is 6. The molecule has 2 saturated heterocycles.